The van der Waals surface area contributed by atoms with E-state index in [1.54, 1.807) is 16.8 Å². The molecule has 1 aromatic rings. The van der Waals surface area contributed by atoms with Crippen molar-refractivity contribution in [2.45, 2.75) is 32.8 Å². The normalized spacial score (nSPS) is 16.2. The lowest BCUT2D eigenvalue weighted by Crippen LogP contribution is -2.40. The molecule has 0 spiro atoms. The Balaban J connectivity index is 2.01. The maximum absolute atomic E-state index is 12.6. The first-order chi connectivity index (χ1) is 10.7. The van der Waals surface area contributed by atoms with Gasteiger partial charge < -0.3 is 20.3 Å². The molecule has 1 aliphatic rings. The molecule has 1 aromatic heterocycles. The minimum atomic E-state index is -0.526. The second-order valence-electron chi connectivity index (χ2n) is 6.69. The number of nitrogen functional groups attached to an aromatic ring is 1. The van der Waals surface area contributed by atoms with Crippen LogP contribution in [0.1, 0.15) is 37.7 Å². The van der Waals surface area contributed by atoms with Crippen LogP contribution in [-0.4, -0.2) is 63.4 Å². The first-order valence-corrected chi connectivity index (χ1v) is 7.73. The first-order valence-electron chi connectivity index (χ1n) is 7.73. The minimum absolute atomic E-state index is 0.159. The molecule has 2 heterocycles. The van der Waals surface area contributed by atoms with Crippen molar-refractivity contribution in [2.24, 2.45) is 7.05 Å². The lowest BCUT2D eigenvalue weighted by molar-refractivity contribution is 0.0255. The third-order valence-electron chi connectivity index (χ3n) is 3.60. The van der Waals surface area contributed by atoms with Crippen molar-refractivity contribution >= 4 is 17.7 Å². The predicted octanol–water partition coefficient (Wildman–Crippen LogP) is 1.09. The van der Waals surface area contributed by atoms with Gasteiger partial charge in [-0.15, -0.1) is 0 Å². The van der Waals surface area contributed by atoms with Crippen molar-refractivity contribution in [3.63, 3.8) is 0 Å². The molecule has 0 saturated carbocycles. The number of rotatable bonds is 1. The van der Waals surface area contributed by atoms with Crippen LogP contribution in [0, 0.1) is 0 Å². The van der Waals surface area contributed by atoms with Crippen LogP contribution < -0.4 is 5.73 Å². The molecule has 1 fully saturated rings. The molecule has 1 aliphatic heterocycles. The van der Waals surface area contributed by atoms with E-state index in [4.69, 9.17) is 10.5 Å². The van der Waals surface area contributed by atoms with Gasteiger partial charge in [0.1, 0.15) is 11.3 Å². The summed E-state index contributed by atoms with van der Waals surface area (Å²) >= 11 is 0. The van der Waals surface area contributed by atoms with Gasteiger partial charge >= 0.3 is 6.09 Å². The molecule has 1 saturated heterocycles. The zero-order valence-corrected chi connectivity index (χ0v) is 14.2. The summed E-state index contributed by atoms with van der Waals surface area (Å²) in [5.41, 5.74) is 6.04. The van der Waals surface area contributed by atoms with Crippen molar-refractivity contribution in [2.75, 3.05) is 31.9 Å². The fourth-order valence-corrected chi connectivity index (χ4v) is 2.50. The van der Waals surface area contributed by atoms with E-state index in [-0.39, 0.29) is 12.0 Å². The Morgan fingerprint density at radius 1 is 1.17 bits per heavy atom. The number of hydrogen-bond donors (Lipinski definition) is 1. The highest BCUT2D eigenvalue weighted by Gasteiger charge is 2.28. The van der Waals surface area contributed by atoms with Crippen molar-refractivity contribution in [3.05, 3.63) is 11.9 Å². The third kappa shape index (κ3) is 4.14. The Morgan fingerprint density at radius 2 is 1.78 bits per heavy atom. The highest BCUT2D eigenvalue weighted by molar-refractivity contribution is 5.97. The van der Waals surface area contributed by atoms with E-state index in [9.17, 15) is 9.59 Å². The average Bonchev–Trinajstić information content (AvgIpc) is 2.65. The van der Waals surface area contributed by atoms with Crippen LogP contribution >= 0.6 is 0 Å². The molecule has 0 aromatic carbocycles. The maximum atomic E-state index is 12.6. The second-order valence-corrected chi connectivity index (χ2v) is 6.69. The van der Waals surface area contributed by atoms with Gasteiger partial charge in [0, 0.05) is 33.2 Å². The lowest BCUT2D eigenvalue weighted by atomic mass is 10.2. The Bertz CT molecular complexity index is 571. The maximum Gasteiger partial charge on any atom is 0.410 e. The summed E-state index contributed by atoms with van der Waals surface area (Å²) in [6.07, 6.45) is 1.83. The molecule has 2 rings (SSSR count). The summed E-state index contributed by atoms with van der Waals surface area (Å²) in [6.45, 7) is 7.54. The van der Waals surface area contributed by atoms with Crippen LogP contribution in [0.2, 0.25) is 0 Å². The lowest BCUT2D eigenvalue weighted by Gasteiger charge is -2.26. The zero-order chi connectivity index (χ0) is 17.2. The topological polar surface area (TPSA) is 93.7 Å². The van der Waals surface area contributed by atoms with Gasteiger partial charge in [-0.2, -0.15) is 5.10 Å². The Labute approximate surface area is 136 Å². The quantitative estimate of drug-likeness (QED) is 0.835. The van der Waals surface area contributed by atoms with E-state index in [2.05, 4.69) is 5.10 Å². The number of ether oxygens (including phenoxy) is 1. The van der Waals surface area contributed by atoms with Crippen molar-refractivity contribution in [3.8, 4) is 0 Å². The summed E-state index contributed by atoms with van der Waals surface area (Å²) in [4.78, 5) is 28.1. The molecule has 128 valence electrons. The number of nitrogens with zero attached hydrogens (tertiary/aromatic N) is 4. The van der Waals surface area contributed by atoms with E-state index in [1.807, 2.05) is 20.8 Å². The van der Waals surface area contributed by atoms with Gasteiger partial charge in [-0.05, 0) is 27.2 Å². The van der Waals surface area contributed by atoms with Crippen molar-refractivity contribution in [1.82, 2.24) is 19.6 Å². The van der Waals surface area contributed by atoms with E-state index in [1.165, 1.54) is 10.9 Å². The molecule has 23 heavy (non-hydrogen) atoms. The number of hydrogen-bond acceptors (Lipinski definition) is 5. The molecule has 2 N–H and O–H groups in total. The third-order valence-corrected chi connectivity index (χ3v) is 3.60. The van der Waals surface area contributed by atoms with Gasteiger partial charge in [-0.3, -0.25) is 9.48 Å². The van der Waals surface area contributed by atoms with Crippen molar-refractivity contribution < 1.29 is 14.3 Å². The summed E-state index contributed by atoms with van der Waals surface area (Å²) in [5.74, 6) is -0.159. The van der Waals surface area contributed by atoms with Gasteiger partial charge in [0.05, 0.1) is 11.9 Å². The predicted molar refractivity (Wildman–Crippen MR) is 85.9 cm³/mol. The van der Waals surface area contributed by atoms with E-state index in [0.29, 0.717) is 44.0 Å². The molecule has 2 amide bonds. The van der Waals surface area contributed by atoms with Gasteiger partial charge in [0.15, 0.2) is 0 Å². The molecule has 8 nitrogen and oxygen atoms in total. The molecule has 0 bridgehead atoms. The number of aryl methyl sites for hydroxylation is 1. The van der Waals surface area contributed by atoms with E-state index < -0.39 is 5.60 Å². The molecule has 0 aliphatic carbocycles. The van der Waals surface area contributed by atoms with Gasteiger partial charge in [-0.25, -0.2) is 4.79 Å². The Morgan fingerprint density at radius 3 is 2.35 bits per heavy atom. The minimum Gasteiger partial charge on any atom is -0.444 e. The zero-order valence-electron chi connectivity index (χ0n) is 14.2. The van der Waals surface area contributed by atoms with Gasteiger partial charge in [0.25, 0.3) is 5.91 Å². The molecule has 0 unspecified atom stereocenters. The summed E-state index contributed by atoms with van der Waals surface area (Å²) < 4.78 is 6.87. The highest BCUT2D eigenvalue weighted by atomic mass is 16.6. The largest absolute Gasteiger partial charge is 0.444 e. The monoisotopic (exact) mass is 323 g/mol. The molecular formula is C15H25N5O3. The van der Waals surface area contributed by atoms with Crippen LogP contribution in [0.3, 0.4) is 0 Å². The van der Waals surface area contributed by atoms with Gasteiger partial charge in [0.2, 0.25) is 0 Å². The number of nitrogens with two attached hydrogens (primary N) is 1. The molecule has 0 atom stereocenters. The standard InChI is InChI=1S/C15H25N5O3/c1-15(2,3)23-14(22)20-7-5-6-19(8-9-20)13(21)12-11(16)10-17-18(12)4/h10H,5-9,16H2,1-4H3. The first kappa shape index (κ1) is 17.1. The number of carbonyl (C=O) groups excluding carboxylic acids is 2. The molecule has 0 radical (unpaired) electrons. The van der Waals surface area contributed by atoms with Crippen LogP contribution in [0.25, 0.3) is 0 Å². The van der Waals surface area contributed by atoms with E-state index in [0.717, 1.165) is 0 Å². The molecule has 8 heteroatoms. The van der Waals surface area contributed by atoms with Gasteiger partial charge in [-0.1, -0.05) is 0 Å². The smallest absolute Gasteiger partial charge is 0.410 e. The summed E-state index contributed by atoms with van der Waals surface area (Å²) in [6, 6.07) is 0. The fraction of sp³-hybridized carbons (Fsp3) is 0.667. The fourth-order valence-electron chi connectivity index (χ4n) is 2.50. The van der Waals surface area contributed by atoms with Crippen LogP contribution in [0.15, 0.2) is 6.20 Å². The Kier molecular flexibility index (Phi) is 4.82. The number of carbonyl (C=O) groups is 2. The average molecular weight is 323 g/mol. The summed E-state index contributed by atoms with van der Waals surface area (Å²) in [5, 5.41) is 4.00. The number of amides is 2. The van der Waals surface area contributed by atoms with E-state index >= 15 is 0 Å². The van der Waals surface area contributed by atoms with Crippen LogP contribution in [0.5, 0.6) is 0 Å². The molecular weight excluding hydrogens is 298 g/mol. The number of anilines is 1. The van der Waals surface area contributed by atoms with Crippen LogP contribution in [-0.2, 0) is 11.8 Å². The Hall–Kier alpha value is -2.25. The summed E-state index contributed by atoms with van der Waals surface area (Å²) in [7, 11) is 1.69. The SMILES string of the molecule is Cn1ncc(N)c1C(=O)N1CCCN(C(=O)OC(C)(C)C)CC1. The van der Waals surface area contributed by atoms with Crippen LogP contribution in [0.4, 0.5) is 10.5 Å². The second kappa shape index (κ2) is 6.47. The number of aromatic nitrogens is 2. The van der Waals surface area contributed by atoms with Crippen molar-refractivity contribution in [1.29, 1.82) is 0 Å². The highest BCUT2D eigenvalue weighted by Crippen LogP contribution is 2.16.